The number of rotatable bonds is 7. The third-order valence-corrected chi connectivity index (χ3v) is 11.0. The molecule has 0 bridgehead atoms. The quantitative estimate of drug-likeness (QED) is 0.133. The van der Waals surface area contributed by atoms with Crippen LogP contribution in [0.1, 0.15) is 47.6 Å². The monoisotopic (exact) mass is 669 g/mol. The summed E-state index contributed by atoms with van der Waals surface area (Å²) in [5.74, 6) is 0.235. The Labute approximate surface area is 306 Å². The van der Waals surface area contributed by atoms with Crippen LogP contribution in [-0.2, 0) is 5.41 Å². The van der Waals surface area contributed by atoms with E-state index >= 15 is 0 Å². The molecule has 3 aliphatic rings. The number of aliphatic imine (C=N–C) groups is 1. The zero-order chi connectivity index (χ0) is 35.2. The van der Waals surface area contributed by atoms with E-state index in [0.29, 0.717) is 5.71 Å². The fourth-order valence-electron chi connectivity index (χ4n) is 8.17. The van der Waals surface area contributed by atoms with Crippen molar-refractivity contribution in [3.8, 4) is 33.4 Å². The van der Waals surface area contributed by atoms with Gasteiger partial charge in [-0.05, 0) is 67.8 Å². The maximum Gasteiger partial charge on any atom is 0.0963 e. The predicted octanol–water partition coefficient (Wildman–Crippen LogP) is 11.9. The van der Waals surface area contributed by atoms with Crippen LogP contribution in [0.25, 0.3) is 39.1 Å². The molecule has 250 valence electrons. The molecule has 0 amide bonds. The Kier molecular flexibility index (Phi) is 7.78. The standard InChI is InChI=1S/C49H39N3/c1-49(2)43-19-11-9-17-39(43)41-30-48-42(29-44(41)49)40-18-10-12-20-47(40)52(48)32-51-46(31-45(50)37-15-7-4-8-16-37)38-27-25-36(26-28-38)35-23-21-34(22-24-35)33-13-5-3-6-14-33/h3-32,40,47,50H,1-2H3/b46-31-,50-45?,51-32+. The minimum absolute atomic E-state index is 0.0595. The molecule has 3 heteroatoms. The summed E-state index contributed by atoms with van der Waals surface area (Å²) in [5, 5.41) is 9.03. The zero-order valence-electron chi connectivity index (χ0n) is 29.4. The Morgan fingerprint density at radius 2 is 1.21 bits per heavy atom. The minimum Gasteiger partial charge on any atom is -0.324 e. The van der Waals surface area contributed by atoms with Crippen molar-refractivity contribution in [2.24, 2.45) is 4.99 Å². The molecule has 0 aromatic heterocycles. The molecule has 1 heterocycles. The summed E-state index contributed by atoms with van der Waals surface area (Å²) in [7, 11) is 0. The predicted molar refractivity (Wildman–Crippen MR) is 218 cm³/mol. The van der Waals surface area contributed by atoms with Gasteiger partial charge in [-0.25, -0.2) is 4.99 Å². The Bertz CT molecular complexity index is 2430. The SMILES string of the molecule is CC1(C)c2ccccc2-c2cc3c(cc21)C1C=CC=CC1N3/C=N/C(=C\C(=N)c1ccccc1)c1ccc(-c2ccc(-c3ccccc3)cc2)cc1. The molecule has 0 radical (unpaired) electrons. The molecule has 2 atom stereocenters. The van der Waals surface area contributed by atoms with Crippen molar-refractivity contribution in [1.82, 2.24) is 0 Å². The van der Waals surface area contributed by atoms with Gasteiger partial charge in [-0.3, -0.25) is 0 Å². The lowest BCUT2D eigenvalue weighted by Crippen LogP contribution is -2.31. The number of nitrogens with one attached hydrogen (secondary N) is 1. The first kappa shape index (κ1) is 31.6. The summed E-state index contributed by atoms with van der Waals surface area (Å²) in [6.07, 6.45) is 12.8. The lowest BCUT2D eigenvalue weighted by atomic mass is 9.80. The second-order valence-electron chi connectivity index (χ2n) is 14.4. The number of hydrogen-bond donors (Lipinski definition) is 1. The second-order valence-corrected chi connectivity index (χ2v) is 14.4. The number of anilines is 1. The highest BCUT2D eigenvalue weighted by atomic mass is 15.2. The van der Waals surface area contributed by atoms with E-state index < -0.39 is 0 Å². The van der Waals surface area contributed by atoms with Gasteiger partial charge in [-0.2, -0.15) is 0 Å². The van der Waals surface area contributed by atoms with Gasteiger partial charge < -0.3 is 10.3 Å². The molecule has 0 spiro atoms. The summed E-state index contributed by atoms with van der Waals surface area (Å²) in [6.45, 7) is 4.69. The average molecular weight is 670 g/mol. The van der Waals surface area contributed by atoms with Gasteiger partial charge in [0.05, 0.1) is 23.8 Å². The van der Waals surface area contributed by atoms with Crippen LogP contribution in [-0.4, -0.2) is 18.1 Å². The van der Waals surface area contributed by atoms with Crippen molar-refractivity contribution in [3.63, 3.8) is 0 Å². The summed E-state index contributed by atoms with van der Waals surface area (Å²) in [6, 6.07) is 51.4. The van der Waals surface area contributed by atoms with Crippen molar-refractivity contribution >= 4 is 23.4 Å². The molecule has 9 rings (SSSR count). The first-order valence-electron chi connectivity index (χ1n) is 18.0. The van der Waals surface area contributed by atoms with Crippen LogP contribution in [0.5, 0.6) is 0 Å². The van der Waals surface area contributed by atoms with E-state index in [4.69, 9.17) is 10.4 Å². The first-order valence-corrected chi connectivity index (χ1v) is 18.0. The van der Waals surface area contributed by atoms with Gasteiger partial charge in [0.2, 0.25) is 0 Å². The highest BCUT2D eigenvalue weighted by Crippen LogP contribution is 2.54. The summed E-state index contributed by atoms with van der Waals surface area (Å²) < 4.78 is 0. The zero-order valence-corrected chi connectivity index (χ0v) is 29.4. The van der Waals surface area contributed by atoms with Crippen LogP contribution in [0.15, 0.2) is 181 Å². The highest BCUT2D eigenvalue weighted by Gasteiger charge is 2.41. The number of fused-ring (bicyclic) bond motifs is 6. The Balaban J connectivity index is 1.09. The summed E-state index contributed by atoms with van der Waals surface area (Å²) >= 11 is 0. The number of allylic oxidation sites excluding steroid dienone is 3. The van der Waals surface area contributed by atoms with Crippen molar-refractivity contribution in [2.75, 3.05) is 4.90 Å². The van der Waals surface area contributed by atoms with Gasteiger partial charge in [0.1, 0.15) is 0 Å². The molecule has 0 saturated carbocycles. The number of benzene rings is 6. The molecular weight excluding hydrogens is 631 g/mol. The lowest BCUT2D eigenvalue weighted by Gasteiger charge is -2.24. The summed E-state index contributed by atoms with van der Waals surface area (Å²) in [5.41, 5.74) is 15.5. The third kappa shape index (κ3) is 5.46. The van der Waals surface area contributed by atoms with E-state index in [-0.39, 0.29) is 17.4 Å². The van der Waals surface area contributed by atoms with Crippen LogP contribution >= 0.6 is 0 Å². The molecule has 6 aromatic rings. The van der Waals surface area contributed by atoms with Gasteiger partial charge in [0.25, 0.3) is 0 Å². The molecule has 2 unspecified atom stereocenters. The average Bonchev–Trinajstić information content (AvgIpc) is 3.63. The van der Waals surface area contributed by atoms with E-state index in [0.717, 1.165) is 28.0 Å². The Morgan fingerprint density at radius 3 is 1.92 bits per heavy atom. The van der Waals surface area contributed by atoms with E-state index in [1.807, 2.05) is 48.8 Å². The van der Waals surface area contributed by atoms with E-state index in [1.165, 1.54) is 44.6 Å². The maximum absolute atomic E-state index is 9.03. The third-order valence-electron chi connectivity index (χ3n) is 11.0. The largest absolute Gasteiger partial charge is 0.324 e. The molecule has 2 aliphatic carbocycles. The number of hydrogen-bond acceptors (Lipinski definition) is 2. The molecule has 6 aromatic carbocycles. The lowest BCUT2D eigenvalue weighted by molar-refractivity contribution is 0.658. The van der Waals surface area contributed by atoms with Gasteiger partial charge in [0.15, 0.2) is 0 Å². The van der Waals surface area contributed by atoms with Crippen LogP contribution in [0.2, 0.25) is 0 Å². The van der Waals surface area contributed by atoms with Crippen molar-refractivity contribution < 1.29 is 0 Å². The van der Waals surface area contributed by atoms with Gasteiger partial charge in [0, 0.05) is 22.6 Å². The molecule has 52 heavy (non-hydrogen) atoms. The normalized spacial score (nSPS) is 17.9. The summed E-state index contributed by atoms with van der Waals surface area (Å²) in [4.78, 5) is 7.54. The Hall–Kier alpha value is -6.32. The first-order chi connectivity index (χ1) is 25.5. The molecule has 1 N–H and O–H groups in total. The van der Waals surface area contributed by atoms with Crippen LogP contribution < -0.4 is 4.90 Å². The molecular formula is C49H39N3. The smallest absolute Gasteiger partial charge is 0.0963 e. The van der Waals surface area contributed by atoms with Gasteiger partial charge in [-0.15, -0.1) is 0 Å². The Morgan fingerprint density at radius 1 is 0.615 bits per heavy atom. The van der Waals surface area contributed by atoms with E-state index in [2.05, 4.69) is 152 Å². The minimum atomic E-state index is -0.0595. The van der Waals surface area contributed by atoms with E-state index in [1.54, 1.807) is 0 Å². The van der Waals surface area contributed by atoms with Gasteiger partial charge >= 0.3 is 0 Å². The molecule has 0 saturated heterocycles. The van der Waals surface area contributed by atoms with E-state index in [9.17, 15) is 0 Å². The van der Waals surface area contributed by atoms with Crippen LogP contribution in [0.4, 0.5) is 5.69 Å². The fourth-order valence-corrected chi connectivity index (χ4v) is 8.17. The maximum atomic E-state index is 9.03. The highest BCUT2D eigenvalue weighted by molar-refractivity contribution is 6.10. The molecule has 1 aliphatic heterocycles. The van der Waals surface area contributed by atoms with Crippen molar-refractivity contribution in [2.45, 2.75) is 31.2 Å². The van der Waals surface area contributed by atoms with Crippen LogP contribution in [0.3, 0.4) is 0 Å². The topological polar surface area (TPSA) is 39.5 Å². The molecule has 0 fully saturated rings. The number of nitrogens with zero attached hydrogens (tertiary/aromatic N) is 2. The van der Waals surface area contributed by atoms with Gasteiger partial charge in [-0.1, -0.05) is 178 Å². The van der Waals surface area contributed by atoms with Crippen molar-refractivity contribution in [1.29, 1.82) is 5.41 Å². The van der Waals surface area contributed by atoms with Crippen molar-refractivity contribution in [3.05, 3.63) is 204 Å². The van der Waals surface area contributed by atoms with Crippen LogP contribution in [0, 0.1) is 5.41 Å². The second kappa shape index (κ2) is 12.8. The molecule has 3 nitrogen and oxygen atoms in total. The fraction of sp³-hybridized carbons (Fsp3) is 0.102.